The van der Waals surface area contributed by atoms with E-state index in [9.17, 15) is 9.59 Å². The fourth-order valence-electron chi connectivity index (χ4n) is 2.27. The van der Waals surface area contributed by atoms with Gasteiger partial charge in [-0.3, -0.25) is 4.79 Å². The Morgan fingerprint density at radius 3 is 2.33 bits per heavy atom. The van der Waals surface area contributed by atoms with E-state index in [-0.39, 0.29) is 5.91 Å². The van der Waals surface area contributed by atoms with Crippen LogP contribution in [0.5, 0.6) is 0 Å². The SMILES string of the molecule is CC(C)(C)OC(=O)N1C/C=C/CCCCCCCCC1=O. The van der Waals surface area contributed by atoms with Gasteiger partial charge in [-0.25, -0.2) is 9.69 Å². The topological polar surface area (TPSA) is 46.6 Å². The van der Waals surface area contributed by atoms with Crippen LogP contribution in [-0.2, 0) is 9.53 Å². The van der Waals surface area contributed by atoms with Crippen molar-refractivity contribution in [2.45, 2.75) is 77.7 Å². The van der Waals surface area contributed by atoms with Gasteiger partial charge in [0, 0.05) is 6.42 Å². The van der Waals surface area contributed by atoms with Crippen molar-refractivity contribution >= 4 is 12.0 Å². The zero-order valence-corrected chi connectivity index (χ0v) is 13.7. The van der Waals surface area contributed by atoms with Gasteiger partial charge in [0.25, 0.3) is 0 Å². The first kappa shape index (κ1) is 17.7. The summed E-state index contributed by atoms with van der Waals surface area (Å²) in [6.07, 6.45) is 11.6. The van der Waals surface area contributed by atoms with E-state index in [4.69, 9.17) is 4.74 Å². The molecular weight excluding hydrogens is 266 g/mol. The van der Waals surface area contributed by atoms with Crippen molar-refractivity contribution in [3.8, 4) is 0 Å². The Balaban J connectivity index is 2.68. The van der Waals surface area contributed by atoms with Crippen LogP contribution in [0.2, 0.25) is 0 Å². The zero-order chi connectivity index (χ0) is 15.7. The lowest BCUT2D eigenvalue weighted by molar-refractivity contribution is -0.130. The average Bonchev–Trinajstić information content (AvgIpc) is 2.38. The summed E-state index contributed by atoms with van der Waals surface area (Å²) in [6.45, 7) is 5.75. The minimum atomic E-state index is -0.581. The molecule has 1 aliphatic rings. The number of ether oxygens (including phenoxy) is 1. The number of hydrogen-bond donors (Lipinski definition) is 0. The number of nitrogens with zero attached hydrogens (tertiary/aromatic N) is 1. The number of hydrogen-bond acceptors (Lipinski definition) is 3. The first-order valence-corrected chi connectivity index (χ1v) is 8.08. The molecule has 0 aliphatic carbocycles. The second-order valence-electron chi connectivity index (χ2n) is 6.62. The van der Waals surface area contributed by atoms with Gasteiger partial charge in [0.15, 0.2) is 0 Å². The molecule has 0 bridgehead atoms. The molecule has 1 rings (SSSR count). The second-order valence-corrected chi connectivity index (χ2v) is 6.62. The van der Waals surface area contributed by atoms with Crippen molar-refractivity contribution in [1.29, 1.82) is 0 Å². The van der Waals surface area contributed by atoms with Crippen molar-refractivity contribution in [1.82, 2.24) is 4.90 Å². The van der Waals surface area contributed by atoms with Crippen molar-refractivity contribution in [2.24, 2.45) is 0 Å². The van der Waals surface area contributed by atoms with E-state index >= 15 is 0 Å². The van der Waals surface area contributed by atoms with Crippen LogP contribution in [0.4, 0.5) is 4.79 Å². The molecular formula is C17H29NO3. The lowest BCUT2D eigenvalue weighted by atomic mass is 10.1. The Bertz CT molecular complexity index is 369. The maximum absolute atomic E-state index is 12.2. The van der Waals surface area contributed by atoms with Crippen LogP contribution < -0.4 is 0 Å². The number of rotatable bonds is 0. The third kappa shape index (κ3) is 7.88. The van der Waals surface area contributed by atoms with Crippen molar-refractivity contribution in [3.63, 3.8) is 0 Å². The predicted molar refractivity (Wildman–Crippen MR) is 84.0 cm³/mol. The van der Waals surface area contributed by atoms with Gasteiger partial charge in [-0.2, -0.15) is 0 Å². The number of carbonyl (C=O) groups is 2. The van der Waals surface area contributed by atoms with Crippen LogP contribution >= 0.6 is 0 Å². The van der Waals surface area contributed by atoms with E-state index in [0.29, 0.717) is 13.0 Å². The minimum Gasteiger partial charge on any atom is -0.443 e. The van der Waals surface area contributed by atoms with Gasteiger partial charge in [0.1, 0.15) is 5.60 Å². The Labute approximate surface area is 128 Å². The molecule has 0 unspecified atom stereocenters. The van der Waals surface area contributed by atoms with E-state index in [1.54, 1.807) is 0 Å². The molecule has 4 heteroatoms. The highest BCUT2D eigenvalue weighted by molar-refractivity contribution is 5.92. The van der Waals surface area contributed by atoms with Gasteiger partial charge in [-0.1, -0.05) is 37.8 Å². The van der Waals surface area contributed by atoms with Gasteiger partial charge >= 0.3 is 6.09 Å². The maximum Gasteiger partial charge on any atom is 0.417 e. The highest BCUT2D eigenvalue weighted by Gasteiger charge is 2.25. The fraction of sp³-hybridized carbons (Fsp3) is 0.765. The molecule has 0 atom stereocenters. The molecule has 1 aliphatic heterocycles. The van der Waals surface area contributed by atoms with E-state index in [2.05, 4.69) is 6.08 Å². The standard InChI is InChI=1S/C17H29NO3/c1-17(2,3)21-16(20)18-14-12-10-8-6-4-5-7-9-11-13-15(18)19/h10,12H,4-9,11,13-14H2,1-3H3/b12-10+. The molecule has 0 aromatic heterocycles. The van der Waals surface area contributed by atoms with Crippen LogP contribution in [0.15, 0.2) is 12.2 Å². The van der Waals surface area contributed by atoms with E-state index in [1.807, 2.05) is 26.8 Å². The Hall–Kier alpha value is -1.32. The van der Waals surface area contributed by atoms with Crippen LogP contribution in [0, 0.1) is 0 Å². The Morgan fingerprint density at radius 1 is 1.05 bits per heavy atom. The summed E-state index contributed by atoms with van der Waals surface area (Å²) >= 11 is 0. The molecule has 0 radical (unpaired) electrons. The smallest absolute Gasteiger partial charge is 0.417 e. The summed E-state index contributed by atoms with van der Waals surface area (Å²) in [5.74, 6) is -0.131. The quantitative estimate of drug-likeness (QED) is 0.621. The molecule has 0 N–H and O–H groups in total. The second kappa shape index (κ2) is 8.85. The molecule has 2 amide bonds. The molecule has 1 heterocycles. The molecule has 0 spiro atoms. The molecule has 0 aromatic carbocycles. The number of imide groups is 1. The lowest BCUT2D eigenvalue weighted by Crippen LogP contribution is -2.40. The van der Waals surface area contributed by atoms with Gasteiger partial charge in [-0.15, -0.1) is 0 Å². The molecule has 0 saturated carbocycles. The highest BCUT2D eigenvalue weighted by atomic mass is 16.6. The molecule has 0 aromatic rings. The third-order valence-electron chi connectivity index (χ3n) is 3.38. The summed E-state index contributed by atoms with van der Waals surface area (Å²) in [4.78, 5) is 25.6. The van der Waals surface area contributed by atoms with Crippen LogP contribution in [-0.4, -0.2) is 29.0 Å². The van der Waals surface area contributed by atoms with E-state index in [1.165, 1.54) is 30.6 Å². The van der Waals surface area contributed by atoms with Crippen LogP contribution in [0.25, 0.3) is 0 Å². The van der Waals surface area contributed by atoms with Crippen LogP contribution in [0.1, 0.15) is 72.1 Å². The first-order valence-electron chi connectivity index (χ1n) is 8.08. The average molecular weight is 295 g/mol. The van der Waals surface area contributed by atoms with Gasteiger partial charge < -0.3 is 4.74 Å². The zero-order valence-electron chi connectivity index (χ0n) is 13.7. The molecule has 120 valence electrons. The van der Waals surface area contributed by atoms with Gasteiger partial charge in [0.05, 0.1) is 6.54 Å². The minimum absolute atomic E-state index is 0.131. The summed E-state index contributed by atoms with van der Waals surface area (Å²) in [6, 6.07) is 0. The Morgan fingerprint density at radius 2 is 1.67 bits per heavy atom. The molecule has 21 heavy (non-hydrogen) atoms. The normalized spacial score (nSPS) is 20.9. The summed E-state index contributed by atoms with van der Waals surface area (Å²) in [5, 5.41) is 0. The maximum atomic E-state index is 12.2. The van der Waals surface area contributed by atoms with Crippen LogP contribution in [0.3, 0.4) is 0 Å². The largest absolute Gasteiger partial charge is 0.443 e. The van der Waals surface area contributed by atoms with Crippen molar-refractivity contribution in [3.05, 3.63) is 12.2 Å². The monoisotopic (exact) mass is 295 g/mol. The third-order valence-corrected chi connectivity index (χ3v) is 3.38. The highest BCUT2D eigenvalue weighted by Crippen LogP contribution is 2.14. The van der Waals surface area contributed by atoms with E-state index in [0.717, 1.165) is 19.3 Å². The number of carbonyl (C=O) groups excluding carboxylic acids is 2. The van der Waals surface area contributed by atoms with Gasteiger partial charge in [-0.05, 0) is 40.0 Å². The van der Waals surface area contributed by atoms with Crippen molar-refractivity contribution < 1.29 is 14.3 Å². The summed E-state index contributed by atoms with van der Waals surface area (Å²) in [5.41, 5.74) is -0.581. The molecule has 0 fully saturated rings. The number of allylic oxidation sites excluding steroid dienone is 1. The summed E-state index contributed by atoms with van der Waals surface area (Å²) < 4.78 is 5.33. The van der Waals surface area contributed by atoms with Crippen molar-refractivity contribution in [2.75, 3.05) is 6.54 Å². The van der Waals surface area contributed by atoms with Gasteiger partial charge in [0.2, 0.25) is 5.91 Å². The molecule has 4 nitrogen and oxygen atoms in total. The molecule has 0 saturated heterocycles. The van der Waals surface area contributed by atoms with E-state index < -0.39 is 11.7 Å². The number of amides is 2. The predicted octanol–water partition coefficient (Wildman–Crippen LogP) is 4.44. The Kier molecular flexibility index (Phi) is 7.48. The lowest BCUT2D eigenvalue weighted by Gasteiger charge is -2.25. The fourth-order valence-corrected chi connectivity index (χ4v) is 2.27. The first-order chi connectivity index (χ1) is 9.90. The summed E-state index contributed by atoms with van der Waals surface area (Å²) in [7, 11) is 0.